The van der Waals surface area contributed by atoms with Gasteiger partial charge in [0.15, 0.2) is 0 Å². The molecule has 18 heavy (non-hydrogen) atoms. The number of ether oxygens (including phenoxy) is 1. The summed E-state index contributed by atoms with van der Waals surface area (Å²) >= 11 is 0. The van der Waals surface area contributed by atoms with Crippen LogP contribution in [0.4, 0.5) is 0 Å². The van der Waals surface area contributed by atoms with Crippen LogP contribution >= 0.6 is 0 Å². The summed E-state index contributed by atoms with van der Waals surface area (Å²) < 4.78 is 7.31. The zero-order valence-corrected chi connectivity index (χ0v) is 12.3. The van der Waals surface area contributed by atoms with Crippen molar-refractivity contribution in [2.24, 2.45) is 11.8 Å². The number of rotatable bonds is 9. The van der Waals surface area contributed by atoms with Gasteiger partial charge in [0, 0.05) is 39.1 Å². The molecule has 1 N–H and O–H groups in total. The molecule has 3 heteroatoms. The zero-order chi connectivity index (χ0) is 13.4. The van der Waals surface area contributed by atoms with Crippen molar-refractivity contribution >= 4 is 0 Å². The van der Waals surface area contributed by atoms with Gasteiger partial charge in [-0.05, 0) is 29.9 Å². The molecule has 0 saturated carbocycles. The first kappa shape index (κ1) is 15.3. The third-order valence-electron chi connectivity index (χ3n) is 3.02. The average molecular weight is 252 g/mol. The lowest BCUT2D eigenvalue weighted by Crippen LogP contribution is -2.18. The highest BCUT2D eigenvalue weighted by Gasteiger charge is 2.06. The molecule has 0 bridgehead atoms. The van der Waals surface area contributed by atoms with E-state index in [1.807, 2.05) is 0 Å². The minimum absolute atomic E-state index is 0.742. The van der Waals surface area contributed by atoms with E-state index in [1.54, 1.807) is 7.11 Å². The van der Waals surface area contributed by atoms with Crippen molar-refractivity contribution in [2.75, 3.05) is 20.3 Å². The molecule has 0 aliphatic heterocycles. The Morgan fingerprint density at radius 1 is 1.33 bits per heavy atom. The standard InChI is InChI=1S/C15H28N2O/c1-13(2)9-14(3)11-17-7-5-15(12-17)10-16-6-8-18-4/h5,7,12-14,16H,6,8-11H2,1-4H3. The lowest BCUT2D eigenvalue weighted by Gasteiger charge is -2.14. The van der Waals surface area contributed by atoms with E-state index >= 15 is 0 Å². The van der Waals surface area contributed by atoms with Crippen molar-refractivity contribution < 1.29 is 4.74 Å². The molecule has 1 heterocycles. The van der Waals surface area contributed by atoms with Crippen LogP contribution in [0.1, 0.15) is 32.8 Å². The molecule has 3 nitrogen and oxygen atoms in total. The highest BCUT2D eigenvalue weighted by atomic mass is 16.5. The molecule has 104 valence electrons. The van der Waals surface area contributed by atoms with Gasteiger partial charge in [0.2, 0.25) is 0 Å². The smallest absolute Gasteiger partial charge is 0.0587 e. The monoisotopic (exact) mass is 252 g/mol. The van der Waals surface area contributed by atoms with Crippen molar-refractivity contribution in [3.63, 3.8) is 0 Å². The van der Waals surface area contributed by atoms with Crippen molar-refractivity contribution in [1.29, 1.82) is 0 Å². The maximum atomic E-state index is 5.01. The number of hydrogen-bond donors (Lipinski definition) is 1. The van der Waals surface area contributed by atoms with Gasteiger partial charge in [-0.2, -0.15) is 0 Å². The van der Waals surface area contributed by atoms with Crippen LogP contribution in [0.15, 0.2) is 18.5 Å². The van der Waals surface area contributed by atoms with E-state index in [-0.39, 0.29) is 0 Å². The summed E-state index contributed by atoms with van der Waals surface area (Å²) in [5.41, 5.74) is 1.35. The van der Waals surface area contributed by atoms with E-state index in [0.717, 1.165) is 38.1 Å². The van der Waals surface area contributed by atoms with Crippen LogP contribution in [-0.2, 0) is 17.8 Å². The molecule has 1 aromatic heterocycles. The zero-order valence-electron chi connectivity index (χ0n) is 12.3. The highest BCUT2D eigenvalue weighted by Crippen LogP contribution is 2.14. The second kappa shape index (κ2) is 8.33. The molecule has 1 atom stereocenters. The summed E-state index contributed by atoms with van der Waals surface area (Å²) in [6, 6.07) is 2.20. The molecule has 1 unspecified atom stereocenters. The fraction of sp³-hybridized carbons (Fsp3) is 0.733. The fourth-order valence-electron chi connectivity index (χ4n) is 2.35. The maximum absolute atomic E-state index is 5.01. The van der Waals surface area contributed by atoms with E-state index in [4.69, 9.17) is 4.74 Å². The third-order valence-corrected chi connectivity index (χ3v) is 3.02. The SMILES string of the molecule is COCCNCc1ccn(CC(C)CC(C)C)c1. The van der Waals surface area contributed by atoms with Gasteiger partial charge in [-0.3, -0.25) is 0 Å². The summed E-state index contributed by atoms with van der Waals surface area (Å²) in [6.07, 6.45) is 5.72. The van der Waals surface area contributed by atoms with Crippen molar-refractivity contribution in [2.45, 2.75) is 40.3 Å². The van der Waals surface area contributed by atoms with E-state index < -0.39 is 0 Å². The molecule has 0 aliphatic carbocycles. The molecule has 0 aromatic carbocycles. The number of nitrogens with zero attached hydrogens (tertiary/aromatic N) is 1. The molecule has 1 rings (SSSR count). The Morgan fingerprint density at radius 2 is 2.11 bits per heavy atom. The molecule has 0 spiro atoms. The van der Waals surface area contributed by atoms with Gasteiger partial charge >= 0.3 is 0 Å². The molecular formula is C15H28N2O. The molecule has 0 radical (unpaired) electrons. The van der Waals surface area contributed by atoms with Gasteiger partial charge in [0.25, 0.3) is 0 Å². The quantitative estimate of drug-likeness (QED) is 0.684. The van der Waals surface area contributed by atoms with Crippen LogP contribution in [0.25, 0.3) is 0 Å². The lowest BCUT2D eigenvalue weighted by atomic mass is 9.99. The minimum Gasteiger partial charge on any atom is -0.383 e. The highest BCUT2D eigenvalue weighted by molar-refractivity contribution is 5.09. The molecule has 0 aliphatic rings. The first-order chi connectivity index (χ1) is 8.61. The van der Waals surface area contributed by atoms with Gasteiger partial charge in [-0.15, -0.1) is 0 Å². The number of aromatic nitrogens is 1. The summed E-state index contributed by atoms with van der Waals surface area (Å²) in [5, 5.41) is 3.36. The van der Waals surface area contributed by atoms with Gasteiger partial charge in [0.05, 0.1) is 6.61 Å². The lowest BCUT2D eigenvalue weighted by molar-refractivity contribution is 0.199. The maximum Gasteiger partial charge on any atom is 0.0587 e. The molecule has 1 aromatic rings. The molecule has 0 fully saturated rings. The van der Waals surface area contributed by atoms with E-state index in [1.165, 1.54) is 12.0 Å². The minimum atomic E-state index is 0.742. The first-order valence-electron chi connectivity index (χ1n) is 6.96. The van der Waals surface area contributed by atoms with Crippen molar-refractivity contribution in [3.05, 3.63) is 24.0 Å². The van der Waals surface area contributed by atoms with E-state index in [0.29, 0.717) is 0 Å². The fourth-order valence-corrected chi connectivity index (χ4v) is 2.35. The normalized spacial score (nSPS) is 13.2. The summed E-state index contributed by atoms with van der Waals surface area (Å²) in [5.74, 6) is 1.53. The Bertz CT molecular complexity index is 320. The first-order valence-corrected chi connectivity index (χ1v) is 6.96. The predicted octanol–water partition coefficient (Wildman–Crippen LogP) is 2.91. The van der Waals surface area contributed by atoms with Gasteiger partial charge in [-0.25, -0.2) is 0 Å². The largest absolute Gasteiger partial charge is 0.383 e. The van der Waals surface area contributed by atoms with Crippen LogP contribution in [0.2, 0.25) is 0 Å². The Morgan fingerprint density at radius 3 is 2.78 bits per heavy atom. The second-order valence-corrected chi connectivity index (χ2v) is 5.62. The summed E-state index contributed by atoms with van der Waals surface area (Å²) in [7, 11) is 1.73. The van der Waals surface area contributed by atoms with Crippen LogP contribution in [-0.4, -0.2) is 24.8 Å². The van der Waals surface area contributed by atoms with Crippen LogP contribution in [0.5, 0.6) is 0 Å². The van der Waals surface area contributed by atoms with Crippen molar-refractivity contribution in [3.8, 4) is 0 Å². The van der Waals surface area contributed by atoms with E-state index in [2.05, 4.69) is 49.1 Å². The van der Waals surface area contributed by atoms with Crippen LogP contribution in [0.3, 0.4) is 0 Å². The van der Waals surface area contributed by atoms with Gasteiger partial charge < -0.3 is 14.6 Å². The number of nitrogens with one attached hydrogen (secondary N) is 1. The Balaban J connectivity index is 2.29. The van der Waals surface area contributed by atoms with Crippen LogP contribution in [0, 0.1) is 11.8 Å². The van der Waals surface area contributed by atoms with Crippen molar-refractivity contribution in [1.82, 2.24) is 9.88 Å². The Kier molecular flexibility index (Phi) is 7.06. The molecule has 0 saturated heterocycles. The van der Waals surface area contributed by atoms with E-state index in [9.17, 15) is 0 Å². The van der Waals surface area contributed by atoms with Gasteiger partial charge in [-0.1, -0.05) is 20.8 Å². The molecular weight excluding hydrogens is 224 g/mol. The van der Waals surface area contributed by atoms with Crippen LogP contribution < -0.4 is 5.32 Å². The average Bonchev–Trinajstić information content (AvgIpc) is 2.71. The number of methoxy groups -OCH3 is 1. The topological polar surface area (TPSA) is 26.2 Å². The Hall–Kier alpha value is -0.800. The second-order valence-electron chi connectivity index (χ2n) is 5.62. The summed E-state index contributed by atoms with van der Waals surface area (Å²) in [6.45, 7) is 10.6. The van der Waals surface area contributed by atoms with Gasteiger partial charge in [0.1, 0.15) is 0 Å². The number of hydrogen-bond acceptors (Lipinski definition) is 2. The molecule has 0 amide bonds. The summed E-state index contributed by atoms with van der Waals surface area (Å²) in [4.78, 5) is 0. The Labute approximate surface area is 112 Å². The predicted molar refractivity (Wildman–Crippen MR) is 76.6 cm³/mol. The third kappa shape index (κ3) is 6.22.